The number of hydrogen-bond donors (Lipinski definition) is 2. The molecule has 0 bridgehead atoms. The van der Waals surface area contributed by atoms with E-state index in [1.165, 1.54) is 18.2 Å². The Bertz CT molecular complexity index is 283. The smallest absolute Gasteiger partial charge is 0.125 e. The van der Waals surface area contributed by atoms with Gasteiger partial charge in [0.15, 0.2) is 0 Å². The summed E-state index contributed by atoms with van der Waals surface area (Å²) in [5, 5.41) is 9.76. The molecule has 4 heteroatoms. The number of nitrogens with two attached hydrogens (primary N) is 1. The first-order valence-corrected chi connectivity index (χ1v) is 4.28. The van der Waals surface area contributed by atoms with Crippen LogP contribution in [0.15, 0.2) is 18.2 Å². The van der Waals surface area contributed by atoms with Crippen molar-refractivity contribution in [2.75, 3.05) is 0 Å². The van der Waals surface area contributed by atoms with Crippen molar-refractivity contribution in [1.29, 1.82) is 0 Å². The van der Waals surface area contributed by atoms with Crippen LogP contribution in [0.2, 0.25) is 5.02 Å². The predicted octanol–water partition coefficient (Wildman–Crippen LogP) is 1.86. The van der Waals surface area contributed by atoms with Gasteiger partial charge in [0.05, 0.1) is 6.10 Å². The fourth-order valence-corrected chi connectivity index (χ4v) is 1.28. The molecule has 0 aliphatic carbocycles. The summed E-state index contributed by atoms with van der Waals surface area (Å²) in [4.78, 5) is 0. The molecule has 2 nitrogen and oxygen atoms in total. The van der Waals surface area contributed by atoms with Gasteiger partial charge in [0.2, 0.25) is 0 Å². The quantitative estimate of drug-likeness (QED) is 0.771. The van der Waals surface area contributed by atoms with Gasteiger partial charge in [0.25, 0.3) is 0 Å². The van der Waals surface area contributed by atoms with Crippen molar-refractivity contribution in [3.63, 3.8) is 0 Å². The lowest BCUT2D eigenvalue weighted by molar-refractivity contribution is 0.153. The van der Waals surface area contributed by atoms with Crippen molar-refractivity contribution in [1.82, 2.24) is 0 Å². The third-order valence-electron chi connectivity index (χ3n) is 1.72. The Morgan fingerprint density at radius 3 is 2.54 bits per heavy atom. The minimum atomic E-state index is -0.881. The largest absolute Gasteiger partial charge is 0.387 e. The van der Waals surface area contributed by atoms with Gasteiger partial charge in [0.1, 0.15) is 5.82 Å². The third-order valence-corrected chi connectivity index (χ3v) is 1.94. The van der Waals surface area contributed by atoms with Gasteiger partial charge in [0, 0.05) is 11.1 Å². The number of aliphatic hydroxyl groups is 1. The second-order valence-corrected chi connectivity index (χ2v) is 3.44. The van der Waals surface area contributed by atoms with E-state index in [9.17, 15) is 9.50 Å². The first kappa shape index (κ1) is 10.4. The van der Waals surface area contributed by atoms with Gasteiger partial charge in [-0.3, -0.25) is 0 Å². The molecule has 2 atom stereocenters. The summed E-state index contributed by atoms with van der Waals surface area (Å²) in [5.74, 6) is -0.470. The Morgan fingerprint density at radius 1 is 1.46 bits per heavy atom. The van der Waals surface area contributed by atoms with E-state index in [4.69, 9.17) is 17.3 Å². The van der Waals surface area contributed by atoms with Crippen LogP contribution in [0.5, 0.6) is 0 Å². The highest BCUT2D eigenvalue weighted by Crippen LogP contribution is 2.21. The zero-order valence-corrected chi connectivity index (χ0v) is 7.92. The lowest BCUT2D eigenvalue weighted by atomic mass is 10.0. The average molecular weight is 204 g/mol. The van der Waals surface area contributed by atoms with E-state index in [1.807, 2.05) is 0 Å². The van der Waals surface area contributed by atoms with Crippen molar-refractivity contribution < 1.29 is 9.50 Å². The molecule has 1 aromatic rings. The summed E-state index contributed by atoms with van der Waals surface area (Å²) in [6.07, 6.45) is -0.881. The first-order chi connectivity index (χ1) is 6.00. The highest BCUT2D eigenvalue weighted by atomic mass is 35.5. The van der Waals surface area contributed by atoms with Crippen LogP contribution < -0.4 is 5.73 Å². The molecular weight excluding hydrogens is 193 g/mol. The molecule has 13 heavy (non-hydrogen) atoms. The molecule has 1 aromatic carbocycles. The minimum absolute atomic E-state index is 0.259. The molecule has 0 amide bonds. The van der Waals surface area contributed by atoms with Gasteiger partial charge in [-0.25, -0.2) is 4.39 Å². The van der Waals surface area contributed by atoms with Crippen LogP contribution in [0.25, 0.3) is 0 Å². The zero-order chi connectivity index (χ0) is 10.0. The van der Waals surface area contributed by atoms with E-state index >= 15 is 0 Å². The van der Waals surface area contributed by atoms with E-state index < -0.39 is 18.0 Å². The molecule has 0 spiro atoms. The van der Waals surface area contributed by atoms with Gasteiger partial charge in [-0.05, 0) is 30.7 Å². The summed E-state index contributed by atoms with van der Waals surface area (Å²) in [5.41, 5.74) is 5.86. The van der Waals surface area contributed by atoms with E-state index in [2.05, 4.69) is 0 Å². The van der Waals surface area contributed by atoms with Gasteiger partial charge >= 0.3 is 0 Å². The average Bonchev–Trinajstić information content (AvgIpc) is 2.01. The second kappa shape index (κ2) is 4.05. The minimum Gasteiger partial charge on any atom is -0.387 e. The number of rotatable bonds is 2. The van der Waals surface area contributed by atoms with Crippen LogP contribution in [0.4, 0.5) is 4.39 Å². The zero-order valence-electron chi connectivity index (χ0n) is 7.17. The van der Waals surface area contributed by atoms with Gasteiger partial charge < -0.3 is 10.8 Å². The lowest BCUT2D eigenvalue weighted by Gasteiger charge is -2.14. The highest BCUT2D eigenvalue weighted by Gasteiger charge is 2.13. The van der Waals surface area contributed by atoms with Crippen LogP contribution in [0.3, 0.4) is 0 Å². The summed E-state index contributed by atoms with van der Waals surface area (Å²) in [6, 6.07) is 3.45. The molecule has 0 saturated heterocycles. The topological polar surface area (TPSA) is 46.2 Å². The van der Waals surface area contributed by atoms with Gasteiger partial charge in [-0.2, -0.15) is 0 Å². The standard InChI is InChI=1S/C9H11ClFNO/c1-5(12)9(13)6-2-7(10)4-8(11)3-6/h2-5,9,13H,12H2,1H3. The number of benzene rings is 1. The van der Waals surface area contributed by atoms with Crippen LogP contribution in [0, 0.1) is 5.82 Å². The number of hydrogen-bond acceptors (Lipinski definition) is 2. The Balaban J connectivity index is 3.01. The molecule has 0 fully saturated rings. The van der Waals surface area contributed by atoms with E-state index in [-0.39, 0.29) is 5.02 Å². The molecular formula is C9H11ClFNO. The Hall–Kier alpha value is -0.640. The van der Waals surface area contributed by atoms with Gasteiger partial charge in [-0.15, -0.1) is 0 Å². The van der Waals surface area contributed by atoms with E-state index in [0.717, 1.165) is 0 Å². The van der Waals surface area contributed by atoms with Crippen LogP contribution in [-0.4, -0.2) is 11.1 Å². The van der Waals surface area contributed by atoms with Crippen LogP contribution >= 0.6 is 11.6 Å². The van der Waals surface area contributed by atoms with Crippen molar-refractivity contribution in [2.24, 2.45) is 5.73 Å². The first-order valence-electron chi connectivity index (χ1n) is 3.90. The van der Waals surface area contributed by atoms with Crippen molar-refractivity contribution in [3.05, 3.63) is 34.6 Å². The Labute approximate surface area is 81.1 Å². The fraction of sp³-hybridized carbons (Fsp3) is 0.333. The maximum absolute atomic E-state index is 12.8. The molecule has 0 aromatic heterocycles. The molecule has 0 aliphatic rings. The molecule has 0 aliphatic heterocycles. The maximum Gasteiger partial charge on any atom is 0.125 e. The van der Waals surface area contributed by atoms with Gasteiger partial charge in [-0.1, -0.05) is 11.6 Å². The molecule has 0 saturated carbocycles. The van der Waals surface area contributed by atoms with Crippen molar-refractivity contribution >= 4 is 11.6 Å². The van der Waals surface area contributed by atoms with Crippen molar-refractivity contribution in [2.45, 2.75) is 19.1 Å². The van der Waals surface area contributed by atoms with Crippen LogP contribution in [-0.2, 0) is 0 Å². The Kier molecular flexibility index (Phi) is 3.25. The Morgan fingerprint density at radius 2 is 2.08 bits per heavy atom. The summed E-state index contributed by atoms with van der Waals surface area (Å²) >= 11 is 5.61. The molecule has 2 unspecified atom stereocenters. The SMILES string of the molecule is CC(N)C(O)c1cc(F)cc(Cl)c1. The molecule has 0 heterocycles. The van der Waals surface area contributed by atoms with Crippen molar-refractivity contribution in [3.8, 4) is 0 Å². The highest BCUT2D eigenvalue weighted by molar-refractivity contribution is 6.30. The molecule has 3 N–H and O–H groups in total. The number of aliphatic hydroxyl groups excluding tert-OH is 1. The van der Waals surface area contributed by atoms with E-state index in [0.29, 0.717) is 5.56 Å². The molecule has 1 rings (SSSR count). The summed E-state index contributed by atoms with van der Waals surface area (Å²) in [7, 11) is 0. The monoisotopic (exact) mass is 203 g/mol. The predicted molar refractivity (Wildman–Crippen MR) is 50.0 cm³/mol. The summed E-state index contributed by atoms with van der Waals surface area (Å²) < 4.78 is 12.8. The molecule has 72 valence electrons. The maximum atomic E-state index is 12.8. The van der Waals surface area contributed by atoms with Crippen LogP contribution in [0.1, 0.15) is 18.6 Å². The third kappa shape index (κ3) is 2.66. The number of halogens is 2. The fourth-order valence-electron chi connectivity index (χ4n) is 1.05. The lowest BCUT2D eigenvalue weighted by Crippen LogP contribution is -2.24. The van der Waals surface area contributed by atoms with E-state index in [1.54, 1.807) is 6.92 Å². The normalized spacial score (nSPS) is 15.5. The molecule has 0 radical (unpaired) electrons. The summed E-state index contributed by atoms with van der Waals surface area (Å²) in [6.45, 7) is 1.64. The second-order valence-electron chi connectivity index (χ2n) is 3.01.